The van der Waals surface area contributed by atoms with Crippen molar-refractivity contribution < 1.29 is 14.3 Å². The van der Waals surface area contributed by atoms with Gasteiger partial charge in [-0.2, -0.15) is 0 Å². The van der Waals surface area contributed by atoms with Crippen molar-refractivity contribution in [2.45, 2.75) is 13.0 Å². The quantitative estimate of drug-likeness (QED) is 0.748. The van der Waals surface area contributed by atoms with Crippen molar-refractivity contribution in [3.05, 3.63) is 58.6 Å². The van der Waals surface area contributed by atoms with Crippen LogP contribution in [0.2, 0.25) is 0 Å². The summed E-state index contributed by atoms with van der Waals surface area (Å²) in [6, 6.07) is 15.5. The molecule has 2 aromatic carbocycles. The predicted molar refractivity (Wildman–Crippen MR) is 116 cm³/mol. The Kier molecular flexibility index (Phi) is 6.28. The van der Waals surface area contributed by atoms with E-state index in [0.29, 0.717) is 6.54 Å². The molecule has 2 aromatic rings. The number of para-hydroxylation sites is 1. The zero-order valence-corrected chi connectivity index (χ0v) is 17.7. The van der Waals surface area contributed by atoms with E-state index in [9.17, 15) is 9.59 Å². The van der Waals surface area contributed by atoms with Gasteiger partial charge in [0.1, 0.15) is 0 Å². The largest absolute Gasteiger partial charge is 0.379 e. The highest BCUT2D eigenvalue weighted by molar-refractivity contribution is 9.10. The van der Waals surface area contributed by atoms with Crippen LogP contribution >= 0.6 is 15.9 Å². The molecule has 4 rings (SSSR count). The Hall–Kier alpha value is -2.22. The first-order valence-electron chi connectivity index (χ1n) is 9.85. The van der Waals surface area contributed by atoms with E-state index in [4.69, 9.17) is 4.74 Å². The molecule has 6 nitrogen and oxygen atoms in total. The molecule has 0 saturated carbocycles. The van der Waals surface area contributed by atoms with Crippen molar-refractivity contribution in [1.82, 2.24) is 4.90 Å². The number of carbonyl (C=O) groups excluding carboxylic acids is 2. The van der Waals surface area contributed by atoms with E-state index in [0.717, 1.165) is 54.3 Å². The Morgan fingerprint density at radius 3 is 2.72 bits per heavy atom. The highest BCUT2D eigenvalue weighted by atomic mass is 79.9. The fraction of sp³-hybridized carbons (Fsp3) is 0.364. The van der Waals surface area contributed by atoms with Crippen molar-refractivity contribution >= 4 is 39.1 Å². The van der Waals surface area contributed by atoms with Crippen LogP contribution in [0.3, 0.4) is 0 Å². The third kappa shape index (κ3) is 4.86. The number of morpholine rings is 1. The Morgan fingerprint density at radius 2 is 1.93 bits per heavy atom. The Morgan fingerprint density at radius 1 is 1.14 bits per heavy atom. The van der Waals surface area contributed by atoms with Crippen molar-refractivity contribution in [1.29, 1.82) is 0 Å². The van der Waals surface area contributed by atoms with Gasteiger partial charge >= 0.3 is 0 Å². The van der Waals surface area contributed by atoms with Crippen molar-refractivity contribution in [3.8, 4) is 0 Å². The van der Waals surface area contributed by atoms with Gasteiger partial charge in [-0.05, 0) is 45.8 Å². The summed E-state index contributed by atoms with van der Waals surface area (Å²) in [6.45, 7) is 4.60. The monoisotopic (exact) mass is 457 g/mol. The minimum atomic E-state index is -0.363. The summed E-state index contributed by atoms with van der Waals surface area (Å²) < 4.78 is 6.25. The summed E-state index contributed by atoms with van der Waals surface area (Å²) in [5.41, 5.74) is 2.73. The molecule has 0 aromatic heterocycles. The summed E-state index contributed by atoms with van der Waals surface area (Å²) in [5.74, 6) is -0.507. The number of nitrogens with one attached hydrogen (secondary N) is 1. The average molecular weight is 458 g/mol. The number of nitrogens with zero attached hydrogens (tertiary/aromatic N) is 2. The van der Waals surface area contributed by atoms with E-state index in [1.54, 1.807) is 4.90 Å². The van der Waals surface area contributed by atoms with E-state index in [1.165, 1.54) is 0 Å². The zero-order valence-electron chi connectivity index (χ0n) is 16.1. The lowest BCUT2D eigenvalue weighted by Crippen LogP contribution is -2.35. The maximum atomic E-state index is 12.8. The molecule has 1 atom stereocenters. The SMILES string of the molecule is O=C(Nc1cccc(CN2CCOCC2)c1)C1CC(=O)N(c2ccccc2Br)C1. The standard InChI is InChI=1S/C22H24BrN3O3/c23-19-6-1-2-7-20(19)26-15-17(13-21(26)27)22(28)24-18-5-3-4-16(12-18)14-25-8-10-29-11-9-25/h1-7,12,17H,8-11,13-15H2,(H,24,28). The Bertz CT molecular complexity index is 898. The molecule has 2 amide bonds. The number of ether oxygens (including phenoxy) is 1. The molecule has 0 spiro atoms. The second kappa shape index (κ2) is 9.07. The van der Waals surface area contributed by atoms with E-state index in [2.05, 4.69) is 32.2 Å². The number of benzene rings is 2. The number of hydrogen-bond acceptors (Lipinski definition) is 4. The highest BCUT2D eigenvalue weighted by Crippen LogP contribution is 2.31. The molecule has 1 unspecified atom stereocenters. The summed E-state index contributed by atoms with van der Waals surface area (Å²) in [4.78, 5) is 29.3. The molecule has 2 saturated heterocycles. The number of amides is 2. The number of halogens is 1. The minimum absolute atomic E-state index is 0.0295. The molecule has 2 aliphatic rings. The predicted octanol–water partition coefficient (Wildman–Crippen LogP) is 3.27. The van der Waals surface area contributed by atoms with Gasteiger partial charge in [-0.3, -0.25) is 14.5 Å². The molecule has 0 aliphatic carbocycles. The van der Waals surface area contributed by atoms with Crippen LogP contribution in [0, 0.1) is 5.92 Å². The highest BCUT2D eigenvalue weighted by Gasteiger charge is 2.35. The molecule has 2 aliphatic heterocycles. The van der Waals surface area contributed by atoms with Crippen LogP contribution < -0.4 is 10.2 Å². The van der Waals surface area contributed by atoms with Crippen LogP contribution in [0.25, 0.3) is 0 Å². The van der Waals surface area contributed by atoms with E-state index in [1.807, 2.05) is 42.5 Å². The van der Waals surface area contributed by atoms with Crippen LogP contribution in [0.1, 0.15) is 12.0 Å². The van der Waals surface area contributed by atoms with Crippen LogP contribution in [-0.2, 0) is 20.9 Å². The van der Waals surface area contributed by atoms with Crippen LogP contribution in [0.5, 0.6) is 0 Å². The van der Waals surface area contributed by atoms with Crippen LogP contribution in [-0.4, -0.2) is 49.6 Å². The molecule has 1 N–H and O–H groups in total. The third-order valence-electron chi connectivity index (χ3n) is 5.34. The summed E-state index contributed by atoms with van der Waals surface area (Å²) in [6.07, 6.45) is 0.223. The molecule has 29 heavy (non-hydrogen) atoms. The van der Waals surface area contributed by atoms with Gasteiger partial charge in [0.15, 0.2) is 0 Å². The lowest BCUT2D eigenvalue weighted by Gasteiger charge is -2.26. The first kappa shape index (κ1) is 20.1. The number of hydrogen-bond donors (Lipinski definition) is 1. The van der Waals surface area contributed by atoms with Crippen LogP contribution in [0.4, 0.5) is 11.4 Å². The second-order valence-electron chi connectivity index (χ2n) is 7.43. The minimum Gasteiger partial charge on any atom is -0.379 e. The summed E-state index contributed by atoms with van der Waals surface area (Å²) >= 11 is 3.49. The fourth-order valence-corrected chi connectivity index (χ4v) is 4.29. The average Bonchev–Trinajstić information content (AvgIpc) is 3.11. The van der Waals surface area contributed by atoms with E-state index >= 15 is 0 Å². The number of carbonyl (C=O) groups is 2. The Labute approximate surface area is 178 Å². The van der Waals surface area contributed by atoms with Crippen molar-refractivity contribution in [2.24, 2.45) is 5.92 Å². The van der Waals surface area contributed by atoms with Crippen LogP contribution in [0.15, 0.2) is 53.0 Å². The number of rotatable bonds is 5. The van der Waals surface area contributed by atoms with Gasteiger partial charge in [-0.25, -0.2) is 0 Å². The number of anilines is 2. The maximum Gasteiger partial charge on any atom is 0.229 e. The van der Waals surface area contributed by atoms with Gasteiger partial charge in [-0.1, -0.05) is 24.3 Å². The lowest BCUT2D eigenvalue weighted by molar-refractivity contribution is -0.122. The molecule has 152 valence electrons. The molecule has 2 fully saturated rings. The zero-order chi connectivity index (χ0) is 20.2. The molecule has 0 bridgehead atoms. The lowest BCUT2D eigenvalue weighted by atomic mass is 10.1. The normalized spacial score (nSPS) is 20.1. The van der Waals surface area contributed by atoms with Gasteiger partial charge in [0.25, 0.3) is 0 Å². The maximum absolute atomic E-state index is 12.8. The van der Waals surface area contributed by atoms with E-state index in [-0.39, 0.29) is 24.2 Å². The fourth-order valence-electron chi connectivity index (χ4n) is 3.80. The van der Waals surface area contributed by atoms with Gasteiger partial charge in [0, 0.05) is 42.8 Å². The molecule has 7 heteroatoms. The van der Waals surface area contributed by atoms with Crippen molar-refractivity contribution in [3.63, 3.8) is 0 Å². The smallest absolute Gasteiger partial charge is 0.229 e. The molecular formula is C22H24BrN3O3. The van der Waals surface area contributed by atoms with Gasteiger partial charge in [0.05, 0.1) is 24.8 Å². The third-order valence-corrected chi connectivity index (χ3v) is 6.01. The van der Waals surface area contributed by atoms with Gasteiger partial charge < -0.3 is 15.0 Å². The topological polar surface area (TPSA) is 61.9 Å². The Balaban J connectivity index is 1.39. The first-order chi connectivity index (χ1) is 14.1. The molecule has 0 radical (unpaired) electrons. The summed E-state index contributed by atoms with van der Waals surface area (Å²) in [5, 5.41) is 3.00. The van der Waals surface area contributed by atoms with Crippen molar-refractivity contribution in [2.75, 3.05) is 43.1 Å². The van der Waals surface area contributed by atoms with Gasteiger partial charge in [-0.15, -0.1) is 0 Å². The second-order valence-corrected chi connectivity index (χ2v) is 8.29. The van der Waals surface area contributed by atoms with E-state index < -0.39 is 0 Å². The summed E-state index contributed by atoms with van der Waals surface area (Å²) in [7, 11) is 0. The molecular weight excluding hydrogens is 434 g/mol. The van der Waals surface area contributed by atoms with Gasteiger partial charge in [0.2, 0.25) is 11.8 Å². The molecule has 2 heterocycles. The first-order valence-corrected chi connectivity index (χ1v) is 10.6.